The van der Waals surface area contributed by atoms with Crippen LogP contribution in [0.15, 0.2) is 18.2 Å². The fraction of sp³-hybridized carbons (Fsp3) is 0.500. The Bertz CT molecular complexity index is 561. The third-order valence-corrected chi connectivity index (χ3v) is 4.31. The maximum Gasteiger partial charge on any atom is 0.306 e. The number of piperidine rings is 1. The molecule has 2 aliphatic rings. The van der Waals surface area contributed by atoms with E-state index in [2.05, 4.69) is 0 Å². The summed E-state index contributed by atoms with van der Waals surface area (Å²) in [5.74, 6) is -0.0434. The van der Waals surface area contributed by atoms with Crippen molar-refractivity contribution in [1.29, 1.82) is 0 Å². The van der Waals surface area contributed by atoms with E-state index in [9.17, 15) is 9.59 Å². The third kappa shape index (κ3) is 3.01. The van der Waals surface area contributed by atoms with Gasteiger partial charge >= 0.3 is 5.97 Å². The van der Waals surface area contributed by atoms with Gasteiger partial charge in [-0.3, -0.25) is 9.59 Å². The second-order valence-corrected chi connectivity index (χ2v) is 5.71. The molecule has 0 aliphatic carbocycles. The number of fused-ring (bicyclic) bond motifs is 1. The summed E-state index contributed by atoms with van der Waals surface area (Å²) in [6.07, 6.45) is 2.39. The lowest BCUT2D eigenvalue weighted by molar-refractivity contribution is -0.145. The van der Waals surface area contributed by atoms with Crippen LogP contribution < -0.4 is 4.74 Å². The van der Waals surface area contributed by atoms with Gasteiger partial charge in [-0.15, -0.1) is 0 Å². The van der Waals surface area contributed by atoms with E-state index in [1.807, 2.05) is 18.2 Å². The molecule has 3 rings (SSSR count). The molecule has 21 heavy (non-hydrogen) atoms. The Hall–Kier alpha value is -2.04. The highest BCUT2D eigenvalue weighted by Crippen LogP contribution is 2.26. The quantitative estimate of drug-likeness (QED) is 0.915. The minimum absolute atomic E-state index is 0.0812. The average molecular weight is 289 g/mol. The van der Waals surface area contributed by atoms with Gasteiger partial charge < -0.3 is 14.7 Å². The van der Waals surface area contributed by atoms with Gasteiger partial charge in [-0.05, 0) is 30.0 Å². The van der Waals surface area contributed by atoms with Gasteiger partial charge in [0.05, 0.1) is 18.9 Å². The maximum atomic E-state index is 12.3. The van der Waals surface area contributed by atoms with Crippen molar-refractivity contribution in [2.24, 2.45) is 5.92 Å². The molecule has 1 aromatic carbocycles. The van der Waals surface area contributed by atoms with E-state index in [1.165, 1.54) is 5.56 Å². The van der Waals surface area contributed by atoms with E-state index in [-0.39, 0.29) is 11.8 Å². The Balaban J connectivity index is 1.58. The van der Waals surface area contributed by atoms with Crippen LogP contribution in [0.4, 0.5) is 0 Å². The number of nitrogens with zero attached hydrogens (tertiary/aromatic N) is 1. The highest BCUT2D eigenvalue weighted by molar-refractivity contribution is 5.79. The van der Waals surface area contributed by atoms with Gasteiger partial charge in [-0.2, -0.15) is 0 Å². The number of carbonyl (C=O) groups is 2. The third-order valence-electron chi connectivity index (χ3n) is 4.31. The van der Waals surface area contributed by atoms with Crippen molar-refractivity contribution in [2.45, 2.75) is 25.7 Å². The summed E-state index contributed by atoms with van der Waals surface area (Å²) in [6.45, 7) is 1.81. The van der Waals surface area contributed by atoms with Crippen LogP contribution >= 0.6 is 0 Å². The molecule has 2 aliphatic heterocycles. The average Bonchev–Trinajstić information content (AvgIpc) is 2.95. The van der Waals surface area contributed by atoms with Gasteiger partial charge in [0.2, 0.25) is 5.91 Å². The van der Waals surface area contributed by atoms with Crippen LogP contribution in [0.2, 0.25) is 0 Å². The predicted octanol–water partition coefficient (Wildman–Crippen LogP) is 1.49. The molecule has 0 atom stereocenters. The molecule has 1 N–H and O–H groups in total. The first-order valence-electron chi connectivity index (χ1n) is 7.38. The summed E-state index contributed by atoms with van der Waals surface area (Å²) in [5.41, 5.74) is 2.18. The summed E-state index contributed by atoms with van der Waals surface area (Å²) in [5, 5.41) is 8.97. The first kappa shape index (κ1) is 13.9. The topological polar surface area (TPSA) is 66.8 Å². The Kier molecular flexibility index (Phi) is 3.82. The molecule has 1 aromatic rings. The number of rotatable bonds is 3. The molecule has 0 bridgehead atoms. The fourth-order valence-electron chi connectivity index (χ4n) is 3.01. The van der Waals surface area contributed by atoms with E-state index in [0.717, 1.165) is 24.3 Å². The van der Waals surface area contributed by atoms with Crippen molar-refractivity contribution in [2.75, 3.05) is 19.7 Å². The van der Waals surface area contributed by atoms with Crippen molar-refractivity contribution >= 4 is 11.9 Å². The Morgan fingerprint density at radius 2 is 2.05 bits per heavy atom. The molecule has 0 radical (unpaired) electrons. The fourth-order valence-corrected chi connectivity index (χ4v) is 3.01. The number of likely N-dealkylation sites (tertiary alicyclic amines) is 1. The van der Waals surface area contributed by atoms with Crippen LogP contribution in [-0.4, -0.2) is 41.6 Å². The van der Waals surface area contributed by atoms with Crippen LogP contribution in [-0.2, 0) is 22.4 Å². The number of carboxylic acids is 1. The maximum absolute atomic E-state index is 12.3. The van der Waals surface area contributed by atoms with Crippen LogP contribution in [0.5, 0.6) is 5.75 Å². The van der Waals surface area contributed by atoms with Crippen LogP contribution in [0.25, 0.3) is 0 Å². The van der Waals surface area contributed by atoms with Gasteiger partial charge in [0.15, 0.2) is 0 Å². The number of aliphatic carboxylic acids is 1. The molecule has 0 saturated carbocycles. The van der Waals surface area contributed by atoms with Crippen LogP contribution in [0, 0.1) is 5.92 Å². The van der Waals surface area contributed by atoms with E-state index in [4.69, 9.17) is 9.84 Å². The Labute approximate surface area is 123 Å². The molecule has 0 aromatic heterocycles. The molecule has 0 unspecified atom stereocenters. The first-order valence-corrected chi connectivity index (χ1v) is 7.38. The number of hydrogen-bond acceptors (Lipinski definition) is 3. The van der Waals surface area contributed by atoms with Crippen molar-refractivity contribution in [3.8, 4) is 5.75 Å². The molecule has 2 heterocycles. The van der Waals surface area contributed by atoms with Crippen molar-refractivity contribution in [3.05, 3.63) is 29.3 Å². The normalized spacial score (nSPS) is 18.2. The lowest BCUT2D eigenvalue weighted by atomic mass is 9.96. The highest BCUT2D eigenvalue weighted by Gasteiger charge is 2.27. The number of carbonyl (C=O) groups excluding carboxylic acids is 1. The molecule has 1 saturated heterocycles. The van der Waals surface area contributed by atoms with Crippen molar-refractivity contribution in [1.82, 2.24) is 4.90 Å². The summed E-state index contributed by atoms with van der Waals surface area (Å²) in [4.78, 5) is 25.0. The summed E-state index contributed by atoms with van der Waals surface area (Å²) < 4.78 is 5.46. The summed E-state index contributed by atoms with van der Waals surface area (Å²) >= 11 is 0. The number of benzene rings is 1. The lowest BCUT2D eigenvalue weighted by Gasteiger charge is -2.30. The standard InChI is InChI=1S/C16H19NO4/c18-15(17-6-3-12(4-7-17)16(19)20)10-11-1-2-14-13(9-11)5-8-21-14/h1-2,9,12H,3-8,10H2,(H,19,20). The number of ether oxygens (including phenoxy) is 1. The van der Waals surface area contributed by atoms with Crippen molar-refractivity contribution < 1.29 is 19.4 Å². The smallest absolute Gasteiger partial charge is 0.306 e. The molecular formula is C16H19NO4. The van der Waals surface area contributed by atoms with Crippen LogP contribution in [0.3, 0.4) is 0 Å². The molecule has 1 fully saturated rings. The van der Waals surface area contributed by atoms with E-state index >= 15 is 0 Å². The zero-order chi connectivity index (χ0) is 14.8. The molecule has 1 amide bonds. The molecule has 5 heteroatoms. The Morgan fingerprint density at radius 1 is 1.29 bits per heavy atom. The zero-order valence-corrected chi connectivity index (χ0v) is 11.9. The van der Waals surface area contributed by atoms with Gasteiger partial charge in [-0.25, -0.2) is 0 Å². The second kappa shape index (κ2) is 5.76. The second-order valence-electron chi connectivity index (χ2n) is 5.71. The molecule has 0 spiro atoms. The number of amides is 1. The number of carboxylic acid groups (broad SMARTS) is 1. The predicted molar refractivity (Wildman–Crippen MR) is 76.3 cm³/mol. The summed E-state index contributed by atoms with van der Waals surface area (Å²) in [7, 11) is 0. The molecule has 5 nitrogen and oxygen atoms in total. The first-order chi connectivity index (χ1) is 10.1. The van der Waals surface area contributed by atoms with Crippen molar-refractivity contribution in [3.63, 3.8) is 0 Å². The monoisotopic (exact) mass is 289 g/mol. The van der Waals surface area contributed by atoms with E-state index in [1.54, 1.807) is 4.90 Å². The highest BCUT2D eigenvalue weighted by atomic mass is 16.5. The largest absolute Gasteiger partial charge is 0.493 e. The van der Waals surface area contributed by atoms with Gasteiger partial charge in [0.1, 0.15) is 5.75 Å². The SMILES string of the molecule is O=C(O)C1CCN(C(=O)Cc2ccc3c(c2)CCO3)CC1. The van der Waals surface area contributed by atoms with Crippen LogP contribution in [0.1, 0.15) is 24.0 Å². The van der Waals surface area contributed by atoms with E-state index in [0.29, 0.717) is 32.4 Å². The Morgan fingerprint density at radius 3 is 2.76 bits per heavy atom. The molecular weight excluding hydrogens is 270 g/mol. The molecule has 112 valence electrons. The summed E-state index contributed by atoms with van der Waals surface area (Å²) in [6, 6.07) is 5.91. The minimum Gasteiger partial charge on any atom is -0.493 e. The minimum atomic E-state index is -0.749. The van der Waals surface area contributed by atoms with Gasteiger partial charge in [0.25, 0.3) is 0 Å². The number of hydrogen-bond donors (Lipinski definition) is 1. The lowest BCUT2D eigenvalue weighted by Crippen LogP contribution is -2.40. The van der Waals surface area contributed by atoms with Gasteiger partial charge in [-0.1, -0.05) is 12.1 Å². The van der Waals surface area contributed by atoms with E-state index < -0.39 is 5.97 Å². The van der Waals surface area contributed by atoms with Gasteiger partial charge in [0, 0.05) is 19.5 Å². The zero-order valence-electron chi connectivity index (χ0n) is 11.9.